The normalized spacial score (nSPS) is 15.3. The second kappa shape index (κ2) is 34.1. The van der Waals surface area contributed by atoms with Gasteiger partial charge < -0.3 is 90.5 Å². The Hall–Kier alpha value is -8.25. The van der Waals surface area contributed by atoms with E-state index in [0.29, 0.717) is 12.8 Å². The largest absolute Gasteiger partial charge is 0.481 e. The lowest BCUT2D eigenvalue weighted by molar-refractivity contribution is -0.143. The molecule has 2 rings (SSSR count). The summed E-state index contributed by atoms with van der Waals surface area (Å²) in [6, 6.07) is -8.23. The molecule has 0 saturated carbocycles. The maximum atomic E-state index is 13.8. The number of carbonyl (C=O) groups is 13. The van der Waals surface area contributed by atoms with E-state index >= 15 is 0 Å². The number of aromatic nitrogens is 1. The Labute approximate surface area is 473 Å². The summed E-state index contributed by atoms with van der Waals surface area (Å²) < 4.78 is 0. The summed E-state index contributed by atoms with van der Waals surface area (Å²) in [6.45, 7) is 10.5. The average molecular weight is 1160 g/mol. The Balaban J connectivity index is 2.21. The fraction of sp³-hybridized carbons (Fsp3) is 0.596. The molecule has 0 radical (unpaired) electrons. The first-order valence-electron chi connectivity index (χ1n) is 26.7. The van der Waals surface area contributed by atoms with Crippen molar-refractivity contribution in [1.29, 1.82) is 0 Å². The third-order valence-electron chi connectivity index (χ3n) is 12.6. The van der Waals surface area contributed by atoms with E-state index in [2.05, 4.69) is 52.8 Å². The third-order valence-corrected chi connectivity index (χ3v) is 12.6. The number of primary amides is 1. The molecule has 0 bridgehead atoms. The number of aliphatic hydroxyl groups is 1. The van der Waals surface area contributed by atoms with Crippen LogP contribution in [-0.2, 0) is 68.7 Å². The highest BCUT2D eigenvalue weighted by molar-refractivity contribution is 6.00. The minimum Gasteiger partial charge on any atom is -0.481 e. The van der Waals surface area contributed by atoms with E-state index in [4.69, 9.17) is 17.2 Å². The van der Waals surface area contributed by atoms with Gasteiger partial charge in [-0.2, -0.15) is 0 Å². The maximum Gasteiger partial charge on any atom is 0.326 e. The fourth-order valence-corrected chi connectivity index (χ4v) is 8.21. The number of hydrogen-bond donors (Lipinski definition) is 17. The summed E-state index contributed by atoms with van der Waals surface area (Å²) >= 11 is 0. The number of unbranched alkanes of at least 4 members (excludes halogenated alkanes) is 1. The topological polar surface area (TPSA) is 505 Å². The molecular weight excluding hydrogens is 1080 g/mol. The summed E-state index contributed by atoms with van der Waals surface area (Å²) in [6.07, 6.45) is -2.22. The Morgan fingerprint density at radius 2 is 0.988 bits per heavy atom. The Morgan fingerprint density at radius 1 is 0.524 bits per heavy atom. The maximum absolute atomic E-state index is 13.8. The minimum absolute atomic E-state index is 0.0146. The summed E-state index contributed by atoms with van der Waals surface area (Å²) in [5.41, 5.74) is 18.7. The lowest BCUT2D eigenvalue weighted by Gasteiger charge is -2.28. The molecule has 1 aromatic heterocycles. The zero-order chi connectivity index (χ0) is 62.1. The van der Waals surface area contributed by atoms with Crippen molar-refractivity contribution in [3.8, 4) is 0 Å². The van der Waals surface area contributed by atoms with Crippen LogP contribution in [0.15, 0.2) is 30.5 Å². The number of nitrogens with one attached hydrogen (secondary N) is 10. The van der Waals surface area contributed by atoms with E-state index in [1.165, 1.54) is 6.92 Å². The van der Waals surface area contributed by atoms with Gasteiger partial charge in [-0.3, -0.25) is 57.5 Å². The zero-order valence-electron chi connectivity index (χ0n) is 47.0. The number of carbonyl (C=O) groups excluding carboxylic acids is 10. The van der Waals surface area contributed by atoms with Gasteiger partial charge in [0.05, 0.1) is 25.0 Å². The molecule has 0 aliphatic rings. The first-order chi connectivity index (χ1) is 38.3. The lowest BCUT2D eigenvalue weighted by Crippen LogP contribution is -2.62. The Morgan fingerprint density at radius 3 is 1.50 bits per heavy atom. The second-order valence-electron chi connectivity index (χ2n) is 20.8. The lowest BCUT2D eigenvalue weighted by atomic mass is 10.0. The van der Waals surface area contributed by atoms with Crippen molar-refractivity contribution in [2.75, 3.05) is 6.54 Å². The van der Waals surface area contributed by atoms with Crippen molar-refractivity contribution < 1.29 is 82.8 Å². The van der Waals surface area contributed by atoms with Crippen molar-refractivity contribution in [2.24, 2.45) is 29.0 Å². The SMILES string of the molecule is CC(C)C[C@H](NC(=O)[C@@H](NC(=O)[C@H](CC(N)=O)NC(=O)[C@H](C)NC(=O)[C@H](CC(=O)O)NC(=O)[C@H](CC(C)C)NC(=O)[C@@H](N)Cc1c[nH]c2ccccc12)[C@@H](C)O)C(=O)N[C@@H](C)C(=O)N[C@@H](CCC(=O)O)C(=O)N[C@@H](CCCCN)C(=O)O. The van der Waals surface area contributed by atoms with Crippen LogP contribution in [0.3, 0.4) is 0 Å². The van der Waals surface area contributed by atoms with Gasteiger partial charge in [-0.25, -0.2) is 4.79 Å². The van der Waals surface area contributed by atoms with Crippen LogP contribution in [0.4, 0.5) is 0 Å². The number of fused-ring (bicyclic) bond motifs is 1. The Bertz CT molecular complexity index is 2590. The van der Waals surface area contributed by atoms with Crippen molar-refractivity contribution in [3.05, 3.63) is 36.0 Å². The van der Waals surface area contributed by atoms with Crippen molar-refractivity contribution in [3.63, 3.8) is 0 Å². The fourth-order valence-electron chi connectivity index (χ4n) is 8.21. The molecule has 0 spiro atoms. The van der Waals surface area contributed by atoms with Crippen molar-refractivity contribution in [1.82, 2.24) is 52.8 Å². The predicted octanol–water partition coefficient (Wildman–Crippen LogP) is -3.66. The second-order valence-corrected chi connectivity index (χ2v) is 20.8. The molecule has 20 N–H and O–H groups in total. The van der Waals surface area contributed by atoms with Crippen LogP contribution in [-0.4, -0.2) is 175 Å². The molecule has 0 unspecified atom stereocenters. The molecule has 0 fully saturated rings. The van der Waals surface area contributed by atoms with Crippen LogP contribution in [0.2, 0.25) is 0 Å². The van der Waals surface area contributed by atoms with Crippen LogP contribution in [0, 0.1) is 11.8 Å². The molecule has 0 saturated heterocycles. The third kappa shape index (κ3) is 24.2. The van der Waals surface area contributed by atoms with E-state index in [-0.39, 0.29) is 44.1 Å². The predicted molar refractivity (Wildman–Crippen MR) is 293 cm³/mol. The number of nitrogens with two attached hydrogens (primary N) is 3. The standard InChI is InChI=1S/C52H81N13O17/c1-24(2)18-35(47(76)57-26(5)43(72)59-33(15-16-40(68)69)46(75)60-34(52(81)82)14-10-11-17-53)64-51(80)42(28(7)66)65-50(79)37(21-39(55)67)61-44(73)27(6)58-48(77)38(22-41(70)71)63-49(78)36(19-25(3)4)62-45(74)31(54)20-29-23-56-32-13-9-8-12-30(29)32/h8-9,12-13,23-28,31,33-38,42,56,66H,10-11,14-22,53-54H2,1-7H3,(H2,55,67)(H,57,76)(H,58,77)(H,59,72)(H,60,75)(H,61,73)(H,62,74)(H,63,78)(H,64,80)(H,65,79)(H,68,69)(H,70,71)(H,81,82)/t26-,27-,28+,31-,33-,34-,35-,36-,37-,38-,42-/m0/s1. The molecule has 30 nitrogen and oxygen atoms in total. The molecule has 0 aliphatic heterocycles. The van der Waals surface area contributed by atoms with E-state index in [9.17, 15) is 82.8 Å². The molecule has 456 valence electrons. The van der Waals surface area contributed by atoms with Gasteiger partial charge in [0.2, 0.25) is 59.1 Å². The smallest absolute Gasteiger partial charge is 0.326 e. The molecule has 1 aromatic carbocycles. The summed E-state index contributed by atoms with van der Waals surface area (Å²) in [4.78, 5) is 172. The molecule has 82 heavy (non-hydrogen) atoms. The summed E-state index contributed by atoms with van der Waals surface area (Å²) in [5.74, 6) is -15.4. The summed E-state index contributed by atoms with van der Waals surface area (Å²) in [7, 11) is 0. The molecule has 2 aromatic rings. The van der Waals surface area contributed by atoms with Crippen molar-refractivity contribution in [2.45, 2.75) is 179 Å². The molecular formula is C52H81N13O17. The Kier molecular flexibility index (Phi) is 29.1. The van der Waals surface area contributed by atoms with E-state index in [1.807, 2.05) is 24.3 Å². The van der Waals surface area contributed by atoms with Gasteiger partial charge in [-0.1, -0.05) is 45.9 Å². The minimum atomic E-state index is -1.90. The number of para-hydroxylation sites is 1. The number of H-pyrrole nitrogens is 1. The van der Waals surface area contributed by atoms with E-state index in [1.54, 1.807) is 33.9 Å². The van der Waals surface area contributed by atoms with Crippen LogP contribution < -0.4 is 65.1 Å². The summed E-state index contributed by atoms with van der Waals surface area (Å²) in [5, 5.41) is 61.0. The van der Waals surface area contributed by atoms with Crippen LogP contribution in [0.5, 0.6) is 0 Å². The van der Waals surface area contributed by atoms with Gasteiger partial charge >= 0.3 is 17.9 Å². The molecule has 1 heterocycles. The van der Waals surface area contributed by atoms with Gasteiger partial charge in [0, 0.05) is 23.5 Å². The number of amides is 10. The van der Waals surface area contributed by atoms with E-state index < -0.39 is 169 Å². The van der Waals surface area contributed by atoms with Gasteiger partial charge in [0.1, 0.15) is 54.4 Å². The molecule has 10 amide bonds. The quantitative estimate of drug-likeness (QED) is 0.0290. The van der Waals surface area contributed by atoms with Crippen LogP contribution in [0.25, 0.3) is 10.9 Å². The number of carboxylic acids is 3. The molecule has 11 atom stereocenters. The average Bonchev–Trinajstić information content (AvgIpc) is 3.81. The first kappa shape index (κ1) is 69.9. The highest BCUT2D eigenvalue weighted by Crippen LogP contribution is 2.19. The van der Waals surface area contributed by atoms with Crippen molar-refractivity contribution >= 4 is 87.9 Å². The number of carboxylic acid groups (broad SMARTS) is 3. The zero-order valence-corrected chi connectivity index (χ0v) is 47.0. The first-order valence-corrected chi connectivity index (χ1v) is 26.7. The number of hydrogen-bond acceptors (Lipinski definition) is 16. The number of aliphatic carboxylic acids is 3. The van der Waals surface area contributed by atoms with Gasteiger partial charge in [-0.15, -0.1) is 0 Å². The molecule has 0 aliphatic carbocycles. The number of aromatic amines is 1. The van der Waals surface area contributed by atoms with Gasteiger partial charge in [0.25, 0.3) is 0 Å². The number of benzene rings is 1. The van der Waals surface area contributed by atoms with Crippen LogP contribution in [0.1, 0.15) is 112 Å². The van der Waals surface area contributed by atoms with Crippen LogP contribution >= 0.6 is 0 Å². The van der Waals surface area contributed by atoms with Gasteiger partial charge in [-0.05, 0) is 95.7 Å². The van der Waals surface area contributed by atoms with E-state index in [0.717, 1.165) is 30.3 Å². The highest BCUT2D eigenvalue weighted by Gasteiger charge is 2.37. The van der Waals surface area contributed by atoms with Gasteiger partial charge in [0.15, 0.2) is 0 Å². The number of rotatable bonds is 37. The molecule has 30 heteroatoms. The highest BCUT2D eigenvalue weighted by atomic mass is 16.4. The monoisotopic (exact) mass is 1160 g/mol. The number of aliphatic hydroxyl groups excluding tert-OH is 1.